The summed E-state index contributed by atoms with van der Waals surface area (Å²) in [5.41, 5.74) is 2.95. The first-order chi connectivity index (χ1) is 6.27. The van der Waals surface area contributed by atoms with Crippen molar-refractivity contribution in [3.05, 3.63) is 23.9 Å². The van der Waals surface area contributed by atoms with Crippen LogP contribution in [0.1, 0.15) is 12.5 Å². The second kappa shape index (κ2) is 4.42. The Balaban J connectivity index is 2.81. The number of carbonyl (C=O) groups excluding carboxylic acids is 1. The van der Waals surface area contributed by atoms with Gasteiger partial charge in [-0.3, -0.25) is 10.7 Å². The van der Waals surface area contributed by atoms with Crippen molar-refractivity contribution in [2.24, 2.45) is 5.84 Å². The first-order valence-corrected chi connectivity index (χ1v) is 3.99. The van der Waals surface area contributed by atoms with E-state index in [4.69, 9.17) is 5.84 Å². The topological polar surface area (TPSA) is 80.0 Å². The fourth-order valence-corrected chi connectivity index (χ4v) is 0.980. The van der Waals surface area contributed by atoms with E-state index in [9.17, 15) is 4.79 Å². The molecule has 1 heterocycles. The molecule has 0 fully saturated rings. The summed E-state index contributed by atoms with van der Waals surface area (Å²) in [7, 11) is 0. The van der Waals surface area contributed by atoms with Gasteiger partial charge in [0, 0.05) is 6.20 Å². The van der Waals surface area contributed by atoms with Crippen molar-refractivity contribution in [2.45, 2.75) is 13.3 Å². The quantitative estimate of drug-likeness (QED) is 0.355. The van der Waals surface area contributed by atoms with E-state index in [0.717, 1.165) is 12.0 Å². The number of nitrogens with zero attached hydrogens (tertiary/aromatic N) is 1. The number of hydrogen-bond acceptors (Lipinski definition) is 3. The molecule has 5 nitrogen and oxygen atoms in total. The number of nitrogens with one attached hydrogen (secondary N) is 2. The number of urea groups is 1. The summed E-state index contributed by atoms with van der Waals surface area (Å²) >= 11 is 0. The lowest BCUT2D eigenvalue weighted by atomic mass is 10.2. The Kier molecular flexibility index (Phi) is 3.22. The van der Waals surface area contributed by atoms with Gasteiger partial charge in [0.15, 0.2) is 0 Å². The van der Waals surface area contributed by atoms with Crippen LogP contribution in [0.4, 0.5) is 10.6 Å². The number of carbonyl (C=O) groups is 1. The fraction of sp³-hybridized carbons (Fsp3) is 0.250. The zero-order chi connectivity index (χ0) is 9.68. The second-order valence-electron chi connectivity index (χ2n) is 2.46. The van der Waals surface area contributed by atoms with Crippen LogP contribution in [0.2, 0.25) is 0 Å². The van der Waals surface area contributed by atoms with Gasteiger partial charge in [-0.1, -0.05) is 13.0 Å². The minimum atomic E-state index is -0.464. The largest absolute Gasteiger partial charge is 0.334 e. The monoisotopic (exact) mass is 180 g/mol. The third-order valence-electron chi connectivity index (χ3n) is 1.64. The normalized spacial score (nSPS) is 9.38. The molecule has 2 amide bonds. The van der Waals surface area contributed by atoms with E-state index in [1.54, 1.807) is 6.20 Å². The molecule has 1 aromatic rings. The summed E-state index contributed by atoms with van der Waals surface area (Å²) in [6.07, 6.45) is 2.43. The molecule has 0 radical (unpaired) electrons. The van der Waals surface area contributed by atoms with E-state index < -0.39 is 6.03 Å². The second-order valence-corrected chi connectivity index (χ2v) is 2.46. The molecular weight excluding hydrogens is 168 g/mol. The lowest BCUT2D eigenvalue weighted by Crippen LogP contribution is -2.34. The van der Waals surface area contributed by atoms with Crippen LogP contribution in [0.5, 0.6) is 0 Å². The molecule has 70 valence electrons. The Labute approximate surface area is 76.3 Å². The Morgan fingerprint density at radius 3 is 3.08 bits per heavy atom. The first-order valence-electron chi connectivity index (χ1n) is 3.99. The van der Waals surface area contributed by atoms with Crippen LogP contribution in [0.3, 0.4) is 0 Å². The Morgan fingerprint density at radius 1 is 1.69 bits per heavy atom. The molecule has 0 saturated heterocycles. The molecule has 5 heteroatoms. The van der Waals surface area contributed by atoms with Crippen LogP contribution in [0.15, 0.2) is 18.3 Å². The van der Waals surface area contributed by atoms with Gasteiger partial charge in [-0.25, -0.2) is 15.6 Å². The molecule has 1 aromatic heterocycles. The Bertz CT molecular complexity index is 300. The number of pyridine rings is 1. The molecule has 0 bridgehead atoms. The molecule has 0 aliphatic carbocycles. The molecule has 13 heavy (non-hydrogen) atoms. The minimum absolute atomic E-state index is 0.464. The zero-order valence-corrected chi connectivity index (χ0v) is 7.37. The Morgan fingerprint density at radius 2 is 2.46 bits per heavy atom. The van der Waals surface area contributed by atoms with Crippen molar-refractivity contribution in [1.82, 2.24) is 10.4 Å². The standard InChI is InChI=1S/C8H12N4O/c1-2-6-4-3-5-10-7(6)11-8(13)12-9/h3-5H,2,9H2,1H3,(H2,10,11,12,13). The molecule has 4 N–H and O–H groups in total. The van der Waals surface area contributed by atoms with E-state index in [2.05, 4.69) is 10.3 Å². The molecule has 0 aliphatic rings. The predicted octanol–water partition coefficient (Wildman–Crippen LogP) is 0.639. The maximum Gasteiger partial charge on any atom is 0.334 e. The molecule has 0 atom stereocenters. The SMILES string of the molecule is CCc1cccnc1NC(=O)NN. The van der Waals surface area contributed by atoms with Gasteiger partial charge in [0.05, 0.1) is 0 Å². The van der Waals surface area contributed by atoms with E-state index in [1.807, 2.05) is 24.5 Å². The van der Waals surface area contributed by atoms with Crippen LogP contribution >= 0.6 is 0 Å². The molecule has 0 aliphatic heterocycles. The molecule has 1 rings (SSSR count). The molecule has 0 unspecified atom stereocenters. The fourth-order valence-electron chi connectivity index (χ4n) is 0.980. The third kappa shape index (κ3) is 2.41. The van der Waals surface area contributed by atoms with E-state index in [0.29, 0.717) is 5.82 Å². The van der Waals surface area contributed by atoms with Crippen LogP contribution in [0, 0.1) is 0 Å². The average molecular weight is 180 g/mol. The van der Waals surface area contributed by atoms with Crippen LogP contribution in [0.25, 0.3) is 0 Å². The highest BCUT2D eigenvalue weighted by Gasteiger charge is 2.03. The third-order valence-corrected chi connectivity index (χ3v) is 1.64. The molecular formula is C8H12N4O. The lowest BCUT2D eigenvalue weighted by Gasteiger charge is -2.06. The van der Waals surface area contributed by atoms with Crippen molar-refractivity contribution in [3.63, 3.8) is 0 Å². The first kappa shape index (κ1) is 9.47. The summed E-state index contributed by atoms with van der Waals surface area (Å²) in [4.78, 5) is 14.9. The van der Waals surface area contributed by atoms with E-state index in [1.165, 1.54) is 0 Å². The number of aromatic nitrogens is 1. The van der Waals surface area contributed by atoms with Crippen LogP contribution in [-0.4, -0.2) is 11.0 Å². The van der Waals surface area contributed by atoms with Crippen LogP contribution in [-0.2, 0) is 6.42 Å². The summed E-state index contributed by atoms with van der Waals surface area (Å²) in [5, 5.41) is 2.52. The number of hydrogen-bond donors (Lipinski definition) is 3. The van der Waals surface area contributed by atoms with Gasteiger partial charge in [-0.2, -0.15) is 0 Å². The van der Waals surface area contributed by atoms with E-state index >= 15 is 0 Å². The van der Waals surface area contributed by atoms with Crippen molar-refractivity contribution >= 4 is 11.8 Å². The highest BCUT2D eigenvalue weighted by atomic mass is 16.2. The highest BCUT2D eigenvalue weighted by Crippen LogP contribution is 2.10. The average Bonchev–Trinajstić information content (AvgIpc) is 2.18. The van der Waals surface area contributed by atoms with Gasteiger partial charge >= 0.3 is 6.03 Å². The summed E-state index contributed by atoms with van der Waals surface area (Å²) < 4.78 is 0. The molecule has 0 aromatic carbocycles. The lowest BCUT2D eigenvalue weighted by molar-refractivity contribution is 0.252. The number of anilines is 1. The highest BCUT2D eigenvalue weighted by molar-refractivity contribution is 5.88. The van der Waals surface area contributed by atoms with Crippen molar-refractivity contribution in [3.8, 4) is 0 Å². The summed E-state index contributed by atoms with van der Waals surface area (Å²) in [5.74, 6) is 5.47. The molecule has 0 spiro atoms. The summed E-state index contributed by atoms with van der Waals surface area (Å²) in [6.45, 7) is 1.99. The number of rotatable bonds is 2. The van der Waals surface area contributed by atoms with Gasteiger partial charge in [-0.15, -0.1) is 0 Å². The van der Waals surface area contributed by atoms with Gasteiger partial charge in [0.25, 0.3) is 0 Å². The maximum atomic E-state index is 10.9. The number of hydrazine groups is 1. The van der Waals surface area contributed by atoms with Crippen LogP contribution < -0.4 is 16.6 Å². The number of nitrogens with two attached hydrogens (primary N) is 1. The van der Waals surface area contributed by atoms with Crippen molar-refractivity contribution in [1.29, 1.82) is 0 Å². The van der Waals surface area contributed by atoms with Gasteiger partial charge < -0.3 is 0 Å². The van der Waals surface area contributed by atoms with Gasteiger partial charge in [0.1, 0.15) is 5.82 Å². The predicted molar refractivity (Wildman–Crippen MR) is 50.0 cm³/mol. The number of aryl methyl sites for hydroxylation is 1. The minimum Gasteiger partial charge on any atom is -0.291 e. The maximum absolute atomic E-state index is 10.9. The number of amides is 2. The summed E-state index contributed by atoms with van der Waals surface area (Å²) in [6, 6.07) is 3.26. The van der Waals surface area contributed by atoms with Crippen molar-refractivity contribution in [2.75, 3.05) is 5.32 Å². The van der Waals surface area contributed by atoms with Crippen molar-refractivity contribution < 1.29 is 4.79 Å². The smallest absolute Gasteiger partial charge is 0.291 e. The van der Waals surface area contributed by atoms with Gasteiger partial charge in [0.2, 0.25) is 0 Å². The Hall–Kier alpha value is -1.62. The van der Waals surface area contributed by atoms with E-state index in [-0.39, 0.29) is 0 Å². The van der Waals surface area contributed by atoms with Gasteiger partial charge in [-0.05, 0) is 18.1 Å². The molecule has 0 saturated carbocycles. The zero-order valence-electron chi connectivity index (χ0n) is 7.37.